The largest absolute Gasteiger partial charge is 0.435 e. The third-order valence-electron chi connectivity index (χ3n) is 12.6. The van der Waals surface area contributed by atoms with Gasteiger partial charge in [-0.15, -0.1) is 0 Å². The van der Waals surface area contributed by atoms with Gasteiger partial charge in [0.15, 0.2) is 31.2 Å². The molecule has 0 bridgehead atoms. The van der Waals surface area contributed by atoms with E-state index in [0.717, 1.165) is 12.1 Å². The van der Waals surface area contributed by atoms with Gasteiger partial charge in [-0.1, -0.05) is 23.6 Å². The van der Waals surface area contributed by atoms with Crippen LogP contribution in [-0.4, -0.2) is 62.4 Å². The Hall–Kier alpha value is -4.80. The normalized spacial score (nSPS) is 19.9. The SMILES string of the molecule is Cn1nc(CS(=O)(=O)C2CC2)c2c(Cl)ccc(-c3ccc(C#CC(C)(C)S(=O)(=O)C4CC4)nc3[C@@H](CC(=O)Cn3nc(C(F)(F)F)c4c3C(F)(F)[C@@H]3C[C@H]43)Cc3cc(F)cc(F)c3)c21. The van der Waals surface area contributed by atoms with Gasteiger partial charge in [0.2, 0.25) is 0 Å². The van der Waals surface area contributed by atoms with Gasteiger partial charge in [0, 0.05) is 53.4 Å². The molecule has 3 heterocycles. The highest BCUT2D eigenvalue weighted by atomic mass is 35.5. The molecule has 3 aromatic heterocycles. The second-order valence-electron chi connectivity index (χ2n) is 17.8. The van der Waals surface area contributed by atoms with Crippen molar-refractivity contribution in [3.05, 3.63) is 98.7 Å². The monoisotopic (exact) mass is 949 g/mol. The number of carbonyl (C=O) groups is 1. The Morgan fingerprint density at radius 1 is 0.953 bits per heavy atom. The van der Waals surface area contributed by atoms with Crippen LogP contribution >= 0.6 is 11.6 Å². The van der Waals surface area contributed by atoms with Crippen molar-refractivity contribution in [1.82, 2.24) is 24.5 Å². The van der Waals surface area contributed by atoms with Crippen LogP contribution in [0.4, 0.5) is 30.7 Å². The van der Waals surface area contributed by atoms with E-state index in [0.29, 0.717) is 52.9 Å². The molecule has 0 saturated heterocycles. The summed E-state index contributed by atoms with van der Waals surface area (Å²) in [6.07, 6.45) is -4.16. The van der Waals surface area contributed by atoms with Crippen LogP contribution in [0.2, 0.25) is 5.02 Å². The third-order valence-corrected chi connectivity index (χ3v) is 17.9. The number of benzene rings is 2. The molecule has 20 heteroatoms. The molecule has 2 aromatic carbocycles. The zero-order valence-corrected chi connectivity index (χ0v) is 36.8. The molecule has 0 unspecified atom stereocenters. The molecule has 0 N–H and O–H groups in total. The zero-order chi connectivity index (χ0) is 46.1. The maximum Gasteiger partial charge on any atom is 0.435 e. The van der Waals surface area contributed by atoms with Crippen LogP contribution in [0.25, 0.3) is 22.0 Å². The Morgan fingerprint density at radius 2 is 1.61 bits per heavy atom. The summed E-state index contributed by atoms with van der Waals surface area (Å²) >= 11 is 6.74. The number of fused-ring (bicyclic) bond motifs is 4. The van der Waals surface area contributed by atoms with Crippen LogP contribution in [-0.2, 0) is 62.3 Å². The van der Waals surface area contributed by atoms with Crippen LogP contribution < -0.4 is 0 Å². The first-order valence-corrected chi connectivity index (χ1v) is 24.2. The van der Waals surface area contributed by atoms with Gasteiger partial charge in [-0.3, -0.25) is 14.2 Å². The van der Waals surface area contributed by atoms with Crippen molar-refractivity contribution in [1.29, 1.82) is 0 Å². The van der Waals surface area contributed by atoms with Crippen molar-refractivity contribution in [3.63, 3.8) is 0 Å². The lowest BCUT2D eigenvalue weighted by molar-refractivity contribution is -0.142. The van der Waals surface area contributed by atoms with E-state index >= 15 is 8.78 Å². The minimum atomic E-state index is -5.08. The fourth-order valence-electron chi connectivity index (χ4n) is 9.05. The van der Waals surface area contributed by atoms with Gasteiger partial charge in [-0.2, -0.15) is 32.1 Å². The molecule has 3 atom stereocenters. The average Bonchev–Trinajstić information content (AvgIpc) is 4.07. The molecule has 5 aromatic rings. The predicted octanol–water partition coefficient (Wildman–Crippen LogP) is 8.76. The number of alkyl halides is 5. The Labute approximate surface area is 368 Å². The average molecular weight is 950 g/mol. The summed E-state index contributed by atoms with van der Waals surface area (Å²) in [5.74, 6) is -4.83. The second kappa shape index (κ2) is 15.1. The van der Waals surface area contributed by atoms with Crippen LogP contribution in [0.3, 0.4) is 0 Å². The highest BCUT2D eigenvalue weighted by Crippen LogP contribution is 2.68. The van der Waals surface area contributed by atoms with Gasteiger partial charge in [0.1, 0.15) is 34.3 Å². The molecule has 10 nitrogen and oxygen atoms in total. The van der Waals surface area contributed by atoms with E-state index in [1.165, 1.54) is 30.7 Å². The van der Waals surface area contributed by atoms with E-state index in [2.05, 4.69) is 22.0 Å². The standard InChI is InChI=1S/C44H39ClF7N5O5S2/c1-42(2,64(61,62)29-7-8-29)13-12-26-4-9-30(31-10-11-34(45)37-35(54-56(3)39(31)37)21-63(59,60)28-5-6-28)38(53-26)23(14-22-15-24(46)18-25(47)16-22)17-27(58)20-57-41-36(40(55-57)44(50,51)52)32-19-33(32)43(41,48)49/h4,9-11,15-16,18,23,28-29,32-33H,5-8,14,17,19-21H2,1-3H3/t23-,32+,33-/m1/s1. The number of Topliss-reactive ketones (excluding diaryl/α,β-unsaturated/α-hetero) is 1. The van der Waals surface area contributed by atoms with Crippen molar-refractivity contribution in [3.8, 4) is 23.0 Å². The van der Waals surface area contributed by atoms with E-state index in [1.807, 2.05) is 0 Å². The maximum atomic E-state index is 15.5. The number of sulfone groups is 2. The lowest BCUT2D eigenvalue weighted by Crippen LogP contribution is -2.33. The lowest BCUT2D eigenvalue weighted by Gasteiger charge is -2.22. The molecule has 64 heavy (non-hydrogen) atoms. The molecule has 338 valence electrons. The minimum Gasteiger partial charge on any atom is -0.298 e. The van der Waals surface area contributed by atoms with E-state index in [9.17, 15) is 43.6 Å². The number of aryl methyl sites for hydroxylation is 1. The first-order valence-electron chi connectivity index (χ1n) is 20.5. The third kappa shape index (κ3) is 7.90. The van der Waals surface area contributed by atoms with Gasteiger partial charge < -0.3 is 0 Å². The second-order valence-corrected chi connectivity index (χ2v) is 23.3. The molecule has 0 spiro atoms. The molecule has 0 radical (unpaired) electrons. The smallest absolute Gasteiger partial charge is 0.298 e. The van der Waals surface area contributed by atoms with Crippen molar-refractivity contribution >= 4 is 48.0 Å². The van der Waals surface area contributed by atoms with E-state index < -0.39 is 118 Å². The number of rotatable bonds is 13. The molecular formula is C44H39ClF7N5O5S2. The molecule has 4 aliphatic carbocycles. The number of nitrogens with zero attached hydrogens (tertiary/aromatic N) is 5. The molecule has 0 aliphatic heterocycles. The van der Waals surface area contributed by atoms with E-state index in [-0.39, 0.29) is 46.1 Å². The first-order chi connectivity index (χ1) is 29.9. The van der Waals surface area contributed by atoms with Gasteiger partial charge in [-0.05, 0) is 100 Å². The maximum absolute atomic E-state index is 15.5. The highest BCUT2D eigenvalue weighted by molar-refractivity contribution is 7.93. The molecule has 4 aliphatic rings. The Kier molecular flexibility index (Phi) is 10.5. The van der Waals surface area contributed by atoms with Crippen molar-refractivity contribution < 1.29 is 52.4 Å². The van der Waals surface area contributed by atoms with E-state index in [4.69, 9.17) is 16.6 Å². The number of hydrogen-bond acceptors (Lipinski definition) is 8. The Balaban J connectivity index is 1.19. The van der Waals surface area contributed by atoms with Crippen LogP contribution in [0, 0.1) is 29.4 Å². The highest BCUT2D eigenvalue weighted by Gasteiger charge is 2.68. The topological polar surface area (TPSA) is 134 Å². The summed E-state index contributed by atoms with van der Waals surface area (Å²) in [5, 5.41) is 7.46. The fraction of sp³-hybridized carbons (Fsp3) is 0.455. The number of pyridine rings is 1. The number of halogens is 8. The van der Waals surface area contributed by atoms with Crippen molar-refractivity contribution in [2.75, 3.05) is 0 Å². The fourth-order valence-corrected chi connectivity index (χ4v) is 12.8. The number of carbonyl (C=O) groups excluding carboxylic acids is 1. The van der Waals surface area contributed by atoms with Gasteiger partial charge in [0.05, 0.1) is 38.2 Å². The number of ketones is 1. The van der Waals surface area contributed by atoms with Crippen LogP contribution in [0.15, 0.2) is 42.5 Å². The summed E-state index contributed by atoms with van der Waals surface area (Å²) in [4.78, 5) is 19.0. The Morgan fingerprint density at radius 3 is 2.25 bits per heavy atom. The van der Waals surface area contributed by atoms with Gasteiger partial charge in [0.25, 0.3) is 5.92 Å². The summed E-state index contributed by atoms with van der Waals surface area (Å²) in [6, 6.07) is 8.84. The predicted molar refractivity (Wildman–Crippen MR) is 222 cm³/mol. The summed E-state index contributed by atoms with van der Waals surface area (Å²) in [6.45, 7) is 1.91. The molecule has 9 rings (SSSR count). The summed E-state index contributed by atoms with van der Waals surface area (Å²) < 4.78 is 156. The summed E-state index contributed by atoms with van der Waals surface area (Å²) in [7, 11) is -5.71. The van der Waals surface area contributed by atoms with Crippen molar-refractivity contribution in [2.45, 2.75) is 110 Å². The number of aromatic nitrogens is 5. The van der Waals surface area contributed by atoms with Gasteiger partial charge >= 0.3 is 6.18 Å². The van der Waals surface area contributed by atoms with Crippen LogP contribution in [0.1, 0.15) is 104 Å². The zero-order valence-electron chi connectivity index (χ0n) is 34.4. The minimum absolute atomic E-state index is 0.0192. The molecular weight excluding hydrogens is 911 g/mol. The van der Waals surface area contributed by atoms with Crippen LogP contribution in [0.5, 0.6) is 0 Å². The molecule has 0 amide bonds. The first kappa shape index (κ1) is 44.4. The molecule has 3 saturated carbocycles. The van der Waals surface area contributed by atoms with E-state index in [1.54, 1.807) is 19.2 Å². The summed E-state index contributed by atoms with van der Waals surface area (Å²) in [5.41, 5.74) is -1.81. The van der Waals surface area contributed by atoms with Crippen molar-refractivity contribution in [2.24, 2.45) is 13.0 Å². The quantitative estimate of drug-likeness (QED) is 0.0846. The molecule has 3 fully saturated rings. The Bertz CT molecular complexity index is 3070. The number of hydrogen-bond donors (Lipinski definition) is 0. The lowest BCUT2D eigenvalue weighted by atomic mass is 9.86. The van der Waals surface area contributed by atoms with Gasteiger partial charge in [-0.25, -0.2) is 30.6 Å².